The van der Waals surface area contributed by atoms with Gasteiger partial charge in [-0.05, 0) is 24.6 Å². The highest BCUT2D eigenvalue weighted by molar-refractivity contribution is 5.45. The van der Waals surface area contributed by atoms with Crippen LogP contribution in [-0.2, 0) is 4.74 Å². The number of anilines is 1. The topological polar surface area (TPSA) is 25.4 Å². The van der Waals surface area contributed by atoms with E-state index >= 15 is 0 Å². The van der Waals surface area contributed by atoms with Gasteiger partial charge in [-0.15, -0.1) is 6.42 Å². The molecule has 0 unspecified atom stereocenters. The molecule has 0 aromatic carbocycles. The maximum Gasteiger partial charge on any atom is 0.130 e. The van der Waals surface area contributed by atoms with E-state index in [1.807, 2.05) is 13.0 Å². The second-order valence-corrected chi connectivity index (χ2v) is 3.63. The molecular weight excluding hydrogens is 188 g/mol. The maximum atomic E-state index is 5.36. The molecule has 1 aliphatic rings. The number of aromatic nitrogens is 1. The number of ether oxygens (including phenoxy) is 1. The van der Waals surface area contributed by atoms with E-state index in [-0.39, 0.29) is 0 Å². The summed E-state index contributed by atoms with van der Waals surface area (Å²) in [6.07, 6.45) is 5.36. The molecule has 0 bridgehead atoms. The Hall–Kier alpha value is -1.53. The Morgan fingerprint density at radius 1 is 1.40 bits per heavy atom. The zero-order chi connectivity index (χ0) is 10.7. The third kappa shape index (κ3) is 2.28. The van der Waals surface area contributed by atoms with Crippen LogP contribution in [0.25, 0.3) is 0 Å². The van der Waals surface area contributed by atoms with Gasteiger partial charge in [0.05, 0.1) is 13.2 Å². The highest BCUT2D eigenvalue weighted by Gasteiger charge is 2.12. The van der Waals surface area contributed by atoms with Gasteiger partial charge in [0.2, 0.25) is 0 Å². The molecule has 78 valence electrons. The van der Waals surface area contributed by atoms with E-state index in [0.717, 1.165) is 37.7 Å². The Bertz CT molecular complexity index is 389. The molecule has 0 N–H and O–H groups in total. The summed E-state index contributed by atoms with van der Waals surface area (Å²) in [5, 5.41) is 0. The van der Waals surface area contributed by atoms with Crippen molar-refractivity contribution in [1.29, 1.82) is 0 Å². The monoisotopic (exact) mass is 202 g/mol. The van der Waals surface area contributed by atoms with E-state index in [9.17, 15) is 0 Å². The van der Waals surface area contributed by atoms with Crippen LogP contribution < -0.4 is 4.90 Å². The molecule has 3 heteroatoms. The highest BCUT2D eigenvalue weighted by Crippen LogP contribution is 2.15. The number of nitrogens with zero attached hydrogens (tertiary/aromatic N) is 2. The van der Waals surface area contributed by atoms with Gasteiger partial charge in [-0.1, -0.05) is 5.92 Å². The van der Waals surface area contributed by atoms with Crippen molar-refractivity contribution in [3.63, 3.8) is 0 Å². The number of aryl methyl sites for hydroxylation is 1. The summed E-state index contributed by atoms with van der Waals surface area (Å²) in [6.45, 7) is 5.34. The Morgan fingerprint density at radius 3 is 2.80 bits per heavy atom. The highest BCUT2D eigenvalue weighted by atomic mass is 16.5. The molecule has 0 aliphatic carbocycles. The second-order valence-electron chi connectivity index (χ2n) is 3.63. The Labute approximate surface area is 90.1 Å². The first-order valence-corrected chi connectivity index (χ1v) is 5.07. The summed E-state index contributed by atoms with van der Waals surface area (Å²) >= 11 is 0. The van der Waals surface area contributed by atoms with Crippen molar-refractivity contribution in [2.24, 2.45) is 0 Å². The normalized spacial score (nSPS) is 16.1. The van der Waals surface area contributed by atoms with Gasteiger partial charge in [0, 0.05) is 13.1 Å². The lowest BCUT2D eigenvalue weighted by atomic mass is 10.2. The Morgan fingerprint density at radius 2 is 2.13 bits per heavy atom. The molecule has 15 heavy (non-hydrogen) atoms. The molecule has 1 fully saturated rings. The number of hydrogen-bond donors (Lipinski definition) is 0. The van der Waals surface area contributed by atoms with Crippen LogP contribution in [0.1, 0.15) is 11.3 Å². The van der Waals surface area contributed by atoms with Crippen LogP contribution in [0, 0.1) is 19.3 Å². The van der Waals surface area contributed by atoms with E-state index < -0.39 is 0 Å². The van der Waals surface area contributed by atoms with Crippen LogP contribution in [0.3, 0.4) is 0 Å². The molecule has 2 rings (SSSR count). The molecule has 0 saturated carbocycles. The molecule has 1 aromatic heterocycles. The van der Waals surface area contributed by atoms with Gasteiger partial charge in [-0.3, -0.25) is 0 Å². The fraction of sp³-hybridized carbons (Fsp3) is 0.417. The fourth-order valence-electron chi connectivity index (χ4n) is 1.68. The van der Waals surface area contributed by atoms with Gasteiger partial charge in [-0.25, -0.2) is 4.98 Å². The van der Waals surface area contributed by atoms with E-state index in [2.05, 4.69) is 21.9 Å². The van der Waals surface area contributed by atoms with Crippen LogP contribution in [0.2, 0.25) is 0 Å². The van der Waals surface area contributed by atoms with E-state index in [0.29, 0.717) is 5.69 Å². The van der Waals surface area contributed by atoms with Gasteiger partial charge in [0.15, 0.2) is 0 Å². The number of hydrogen-bond acceptors (Lipinski definition) is 3. The van der Waals surface area contributed by atoms with Crippen molar-refractivity contribution >= 4 is 5.82 Å². The average Bonchev–Trinajstić information content (AvgIpc) is 2.29. The number of morpholine rings is 1. The quantitative estimate of drug-likeness (QED) is 0.640. The third-order valence-corrected chi connectivity index (χ3v) is 2.44. The van der Waals surface area contributed by atoms with Gasteiger partial charge >= 0.3 is 0 Å². The van der Waals surface area contributed by atoms with Crippen molar-refractivity contribution in [3.05, 3.63) is 23.4 Å². The standard InChI is InChI=1S/C12H14N2O/c1-3-11-8-10(2)9-12(13-11)14-4-6-15-7-5-14/h1,8-9H,4-7H2,2H3. The van der Waals surface area contributed by atoms with Crippen molar-refractivity contribution in [3.8, 4) is 12.3 Å². The van der Waals surface area contributed by atoms with Crippen molar-refractivity contribution in [2.75, 3.05) is 31.2 Å². The zero-order valence-corrected chi connectivity index (χ0v) is 8.86. The number of terminal acetylenes is 1. The molecule has 0 amide bonds. The minimum Gasteiger partial charge on any atom is -0.378 e. The summed E-state index contributed by atoms with van der Waals surface area (Å²) in [7, 11) is 0. The Balaban J connectivity index is 2.27. The predicted molar refractivity (Wildman–Crippen MR) is 59.9 cm³/mol. The van der Waals surface area contributed by atoms with Crippen LogP contribution in [-0.4, -0.2) is 31.3 Å². The first kappa shape index (κ1) is 10.0. The summed E-state index contributed by atoms with van der Waals surface area (Å²) in [6, 6.07) is 3.98. The van der Waals surface area contributed by atoms with Gasteiger partial charge < -0.3 is 9.64 Å². The lowest BCUT2D eigenvalue weighted by molar-refractivity contribution is 0.122. The van der Waals surface area contributed by atoms with Crippen molar-refractivity contribution in [2.45, 2.75) is 6.92 Å². The van der Waals surface area contributed by atoms with E-state index in [4.69, 9.17) is 11.2 Å². The molecule has 3 nitrogen and oxygen atoms in total. The summed E-state index contributed by atoms with van der Waals surface area (Å²) in [4.78, 5) is 6.62. The smallest absolute Gasteiger partial charge is 0.130 e. The van der Waals surface area contributed by atoms with E-state index in [1.165, 1.54) is 0 Å². The minimum absolute atomic E-state index is 0.705. The van der Waals surface area contributed by atoms with Gasteiger partial charge in [0.1, 0.15) is 11.5 Å². The third-order valence-electron chi connectivity index (χ3n) is 2.44. The largest absolute Gasteiger partial charge is 0.378 e. The molecule has 2 heterocycles. The summed E-state index contributed by atoms with van der Waals surface area (Å²) in [5.41, 5.74) is 1.86. The van der Waals surface area contributed by atoms with Crippen LogP contribution in [0.4, 0.5) is 5.82 Å². The molecule has 0 radical (unpaired) electrons. The van der Waals surface area contributed by atoms with E-state index in [1.54, 1.807) is 0 Å². The summed E-state index contributed by atoms with van der Waals surface area (Å²) < 4.78 is 5.30. The number of rotatable bonds is 1. The molecule has 0 spiro atoms. The maximum absolute atomic E-state index is 5.36. The number of pyridine rings is 1. The zero-order valence-electron chi connectivity index (χ0n) is 8.86. The Kier molecular flexibility index (Phi) is 2.89. The SMILES string of the molecule is C#Cc1cc(C)cc(N2CCOCC2)n1. The molecule has 1 saturated heterocycles. The van der Waals surface area contributed by atoms with Crippen LogP contribution in [0.5, 0.6) is 0 Å². The first-order valence-electron chi connectivity index (χ1n) is 5.07. The summed E-state index contributed by atoms with van der Waals surface area (Å²) in [5.74, 6) is 3.54. The second kappa shape index (κ2) is 4.33. The molecule has 1 aromatic rings. The molecule has 1 aliphatic heterocycles. The average molecular weight is 202 g/mol. The van der Waals surface area contributed by atoms with Crippen LogP contribution >= 0.6 is 0 Å². The predicted octanol–water partition coefficient (Wildman–Crippen LogP) is 1.21. The van der Waals surface area contributed by atoms with Gasteiger partial charge in [0.25, 0.3) is 0 Å². The molecular formula is C12H14N2O. The lowest BCUT2D eigenvalue weighted by Gasteiger charge is -2.28. The fourth-order valence-corrected chi connectivity index (χ4v) is 1.68. The first-order chi connectivity index (χ1) is 7.29. The van der Waals surface area contributed by atoms with Gasteiger partial charge in [-0.2, -0.15) is 0 Å². The minimum atomic E-state index is 0.705. The van der Waals surface area contributed by atoms with Crippen molar-refractivity contribution < 1.29 is 4.74 Å². The lowest BCUT2D eigenvalue weighted by Crippen LogP contribution is -2.36. The van der Waals surface area contributed by atoms with Crippen molar-refractivity contribution in [1.82, 2.24) is 4.98 Å². The molecule has 0 atom stereocenters. The van der Waals surface area contributed by atoms with Crippen LogP contribution in [0.15, 0.2) is 12.1 Å².